The molecule has 5 rings (SSSR count). The molecular formula is C25H27N5O2S. The van der Waals surface area contributed by atoms with Crippen molar-refractivity contribution in [1.29, 1.82) is 5.41 Å². The van der Waals surface area contributed by atoms with Gasteiger partial charge in [0.05, 0.1) is 18.4 Å². The van der Waals surface area contributed by atoms with Gasteiger partial charge < -0.3 is 9.30 Å². The van der Waals surface area contributed by atoms with Crippen LogP contribution in [0.2, 0.25) is 0 Å². The third kappa shape index (κ3) is 3.82. The highest BCUT2D eigenvalue weighted by Gasteiger charge is 2.38. The normalized spacial score (nSPS) is 20.2. The SMILES string of the molecule is COc1ccccc1-n1c(C)cc(/C=C2/C(=N)N3N=C(C4CCCCC4)SC3=NC2=O)c1C. The molecule has 0 unspecified atom stereocenters. The van der Waals surface area contributed by atoms with Crippen LogP contribution >= 0.6 is 11.8 Å². The van der Waals surface area contributed by atoms with Crippen molar-refractivity contribution in [3.05, 3.63) is 52.9 Å². The lowest BCUT2D eigenvalue weighted by Crippen LogP contribution is -2.35. The van der Waals surface area contributed by atoms with E-state index in [0.717, 1.165) is 46.3 Å². The van der Waals surface area contributed by atoms with E-state index in [4.69, 9.17) is 15.2 Å². The van der Waals surface area contributed by atoms with Gasteiger partial charge in [0, 0.05) is 17.3 Å². The van der Waals surface area contributed by atoms with Crippen molar-refractivity contribution in [3.63, 3.8) is 0 Å². The lowest BCUT2D eigenvalue weighted by molar-refractivity contribution is -0.114. The molecule has 3 aliphatic rings. The minimum Gasteiger partial charge on any atom is -0.495 e. The Morgan fingerprint density at radius 3 is 2.70 bits per heavy atom. The summed E-state index contributed by atoms with van der Waals surface area (Å²) in [7, 11) is 1.66. The van der Waals surface area contributed by atoms with Crippen molar-refractivity contribution >= 4 is 39.8 Å². The van der Waals surface area contributed by atoms with Crippen LogP contribution in [0.4, 0.5) is 0 Å². The zero-order valence-corrected chi connectivity index (χ0v) is 19.9. The summed E-state index contributed by atoms with van der Waals surface area (Å²) in [5.41, 5.74) is 4.03. The third-order valence-corrected chi connectivity index (χ3v) is 7.59. The van der Waals surface area contributed by atoms with Crippen LogP contribution in [0.3, 0.4) is 0 Å². The fraction of sp³-hybridized carbons (Fsp3) is 0.360. The number of carbonyl (C=O) groups excluding carboxylic acids is 1. The number of ether oxygens (including phenoxy) is 1. The molecule has 7 nitrogen and oxygen atoms in total. The monoisotopic (exact) mass is 461 g/mol. The average molecular weight is 462 g/mol. The fourth-order valence-electron chi connectivity index (χ4n) is 4.80. The van der Waals surface area contributed by atoms with Crippen LogP contribution < -0.4 is 4.74 Å². The van der Waals surface area contributed by atoms with Crippen LogP contribution in [-0.4, -0.2) is 38.6 Å². The Balaban J connectivity index is 1.49. The molecule has 2 aliphatic heterocycles. The number of hydrazone groups is 1. The molecule has 0 spiro atoms. The van der Waals surface area contributed by atoms with Gasteiger partial charge in [-0.25, -0.2) is 0 Å². The Labute approximate surface area is 197 Å². The first-order valence-electron chi connectivity index (χ1n) is 11.3. The molecule has 170 valence electrons. The number of aliphatic imine (C=N–C) groups is 1. The van der Waals surface area contributed by atoms with E-state index in [1.54, 1.807) is 13.2 Å². The first kappa shape index (κ1) is 21.7. The van der Waals surface area contributed by atoms with Crippen LogP contribution in [-0.2, 0) is 4.79 Å². The number of fused-ring (bicyclic) bond motifs is 1. The van der Waals surface area contributed by atoms with Gasteiger partial charge in [0.1, 0.15) is 10.8 Å². The first-order chi connectivity index (χ1) is 16.0. The van der Waals surface area contributed by atoms with Crippen molar-refractivity contribution in [2.45, 2.75) is 46.0 Å². The third-order valence-electron chi connectivity index (χ3n) is 6.52. The number of hydrogen-bond donors (Lipinski definition) is 1. The number of amidine groups is 2. The van der Waals surface area contributed by atoms with E-state index in [2.05, 4.69) is 9.56 Å². The molecule has 1 fully saturated rings. The van der Waals surface area contributed by atoms with Crippen LogP contribution in [0.1, 0.15) is 49.1 Å². The average Bonchev–Trinajstić information content (AvgIpc) is 3.37. The molecule has 1 N–H and O–H groups in total. The number of rotatable bonds is 4. The number of amides is 1. The highest BCUT2D eigenvalue weighted by Crippen LogP contribution is 2.36. The summed E-state index contributed by atoms with van der Waals surface area (Å²) in [6, 6.07) is 9.86. The summed E-state index contributed by atoms with van der Waals surface area (Å²) >= 11 is 1.45. The van der Waals surface area contributed by atoms with Crippen molar-refractivity contribution in [2.24, 2.45) is 16.0 Å². The molecule has 0 radical (unpaired) electrons. The molecule has 2 aromatic rings. The molecule has 1 aromatic heterocycles. The Bertz CT molecular complexity index is 1230. The lowest BCUT2D eigenvalue weighted by Gasteiger charge is -2.20. The number of methoxy groups -OCH3 is 1. The molecule has 0 bridgehead atoms. The highest BCUT2D eigenvalue weighted by atomic mass is 32.2. The van der Waals surface area contributed by atoms with Gasteiger partial charge in [-0.1, -0.05) is 31.4 Å². The molecule has 1 aliphatic carbocycles. The molecule has 1 amide bonds. The van der Waals surface area contributed by atoms with Gasteiger partial charge >= 0.3 is 0 Å². The molecule has 0 saturated heterocycles. The number of benzene rings is 1. The first-order valence-corrected chi connectivity index (χ1v) is 12.1. The van der Waals surface area contributed by atoms with E-state index >= 15 is 0 Å². The number of para-hydroxylation sites is 2. The second-order valence-electron chi connectivity index (χ2n) is 8.63. The smallest absolute Gasteiger partial charge is 0.283 e. The van der Waals surface area contributed by atoms with E-state index in [0.29, 0.717) is 11.1 Å². The number of aryl methyl sites for hydroxylation is 1. The van der Waals surface area contributed by atoms with Gasteiger partial charge in [-0.05, 0) is 68.3 Å². The predicted octanol–water partition coefficient (Wildman–Crippen LogP) is 5.30. The van der Waals surface area contributed by atoms with E-state index in [1.165, 1.54) is 36.0 Å². The second-order valence-corrected chi connectivity index (χ2v) is 9.61. The van der Waals surface area contributed by atoms with Gasteiger partial charge in [-0.15, -0.1) is 0 Å². The van der Waals surface area contributed by atoms with Crippen molar-refractivity contribution < 1.29 is 9.53 Å². The Hall–Kier alpha value is -3.13. The summed E-state index contributed by atoms with van der Waals surface area (Å²) in [5, 5.41) is 16.4. The van der Waals surface area contributed by atoms with Gasteiger partial charge in [-0.3, -0.25) is 10.2 Å². The largest absolute Gasteiger partial charge is 0.495 e. The van der Waals surface area contributed by atoms with Gasteiger partial charge in [0.25, 0.3) is 5.91 Å². The highest BCUT2D eigenvalue weighted by molar-refractivity contribution is 8.27. The molecular weight excluding hydrogens is 434 g/mol. The van der Waals surface area contributed by atoms with Crippen molar-refractivity contribution in [3.8, 4) is 11.4 Å². The maximum Gasteiger partial charge on any atom is 0.283 e. The summed E-state index contributed by atoms with van der Waals surface area (Å²) in [5.74, 6) is 0.881. The van der Waals surface area contributed by atoms with Gasteiger partial charge in [0.15, 0.2) is 5.84 Å². The maximum absolute atomic E-state index is 12.9. The van der Waals surface area contributed by atoms with Gasteiger partial charge in [-0.2, -0.15) is 15.1 Å². The quantitative estimate of drug-likeness (QED) is 0.626. The molecule has 3 heterocycles. The van der Waals surface area contributed by atoms with Crippen LogP contribution in [0.5, 0.6) is 5.75 Å². The van der Waals surface area contributed by atoms with Crippen molar-refractivity contribution in [1.82, 2.24) is 9.58 Å². The predicted molar refractivity (Wildman–Crippen MR) is 133 cm³/mol. The number of hydrogen-bond acceptors (Lipinski definition) is 5. The molecule has 33 heavy (non-hydrogen) atoms. The van der Waals surface area contributed by atoms with Crippen molar-refractivity contribution in [2.75, 3.05) is 7.11 Å². The number of carbonyl (C=O) groups is 1. The maximum atomic E-state index is 12.9. The minimum atomic E-state index is -0.388. The summed E-state index contributed by atoms with van der Waals surface area (Å²) in [6.45, 7) is 4.02. The van der Waals surface area contributed by atoms with Crippen LogP contribution in [0.15, 0.2) is 46.0 Å². The fourth-order valence-corrected chi connectivity index (χ4v) is 5.85. The summed E-state index contributed by atoms with van der Waals surface area (Å²) in [4.78, 5) is 17.2. The zero-order chi connectivity index (χ0) is 23.1. The minimum absolute atomic E-state index is 0.0883. The van der Waals surface area contributed by atoms with E-state index in [9.17, 15) is 4.79 Å². The summed E-state index contributed by atoms with van der Waals surface area (Å²) < 4.78 is 7.64. The molecule has 1 saturated carbocycles. The van der Waals surface area contributed by atoms with Crippen LogP contribution in [0, 0.1) is 25.2 Å². The lowest BCUT2D eigenvalue weighted by atomic mass is 9.90. The molecule has 8 heteroatoms. The standard InChI is InChI=1S/C25H27N5O2S/c1-15-13-18(16(2)29(15)20-11-7-8-12-21(20)32-3)14-19-22(26)30-25(27-23(19)31)33-24(28-30)17-9-5-4-6-10-17/h7-8,11-14,17,26H,4-6,9-10H2,1-3H3/b19-14-,26-22?. The van der Waals surface area contributed by atoms with E-state index in [1.807, 2.05) is 44.2 Å². The molecule has 0 atom stereocenters. The number of aromatic nitrogens is 1. The topological polar surface area (TPSA) is 83.0 Å². The Morgan fingerprint density at radius 2 is 1.94 bits per heavy atom. The number of nitrogens with zero attached hydrogens (tertiary/aromatic N) is 4. The van der Waals surface area contributed by atoms with E-state index < -0.39 is 0 Å². The number of nitrogens with one attached hydrogen (secondary N) is 1. The van der Waals surface area contributed by atoms with Crippen LogP contribution in [0.25, 0.3) is 11.8 Å². The van der Waals surface area contributed by atoms with Gasteiger partial charge in [0.2, 0.25) is 5.17 Å². The number of thioether (sulfide) groups is 1. The summed E-state index contributed by atoms with van der Waals surface area (Å²) in [6.07, 6.45) is 7.68. The van der Waals surface area contributed by atoms with E-state index in [-0.39, 0.29) is 17.3 Å². The Morgan fingerprint density at radius 1 is 1.18 bits per heavy atom. The zero-order valence-electron chi connectivity index (χ0n) is 19.1. The Kier molecular flexibility index (Phi) is 5.70. The molecule has 1 aromatic carbocycles. The second kappa shape index (κ2) is 8.67.